The van der Waals surface area contributed by atoms with Gasteiger partial charge in [-0.25, -0.2) is 9.13 Å². The number of aromatic nitrogens is 2. The van der Waals surface area contributed by atoms with Gasteiger partial charge in [-0.2, -0.15) is 0 Å². The first-order chi connectivity index (χ1) is 26.2. The van der Waals surface area contributed by atoms with Crippen LogP contribution in [0.3, 0.4) is 0 Å². The molecule has 0 saturated heterocycles. The zero-order valence-electron chi connectivity index (χ0n) is 35.3. The van der Waals surface area contributed by atoms with Crippen molar-refractivity contribution in [3.8, 4) is 33.6 Å². The second-order valence-corrected chi connectivity index (χ2v) is 15.6. The Hall–Kier alpha value is -5.60. The van der Waals surface area contributed by atoms with E-state index in [1.165, 1.54) is 89.3 Å². The van der Waals surface area contributed by atoms with E-state index in [4.69, 9.17) is 0 Å². The van der Waals surface area contributed by atoms with Gasteiger partial charge < -0.3 is 0 Å². The second-order valence-electron chi connectivity index (χ2n) is 15.6. The summed E-state index contributed by atoms with van der Waals surface area (Å²) in [6.07, 6.45) is 4.16. The lowest BCUT2D eigenvalue weighted by atomic mass is 9.73. The summed E-state index contributed by atoms with van der Waals surface area (Å²) in [5, 5.41) is 0. The summed E-state index contributed by atoms with van der Waals surface area (Å²) in [5.41, 5.74) is 21.4. The fourth-order valence-corrected chi connectivity index (χ4v) is 7.70. The third-order valence-electron chi connectivity index (χ3n) is 11.4. The predicted molar refractivity (Wildman–Crippen MR) is 234 cm³/mol. The van der Waals surface area contributed by atoms with Crippen molar-refractivity contribution >= 4 is 0 Å². The normalized spacial score (nSPS) is 10.9. The molecule has 0 aliphatic rings. The van der Waals surface area contributed by atoms with Crippen LogP contribution in [0.4, 0.5) is 0 Å². The minimum absolute atomic E-state index is 0.0289. The lowest BCUT2D eigenvalue weighted by molar-refractivity contribution is -0.660. The van der Waals surface area contributed by atoms with Crippen molar-refractivity contribution in [1.29, 1.82) is 0 Å². The molecule has 55 heavy (non-hydrogen) atoms. The molecule has 0 saturated carbocycles. The zero-order chi connectivity index (χ0) is 39.9. The van der Waals surface area contributed by atoms with Gasteiger partial charge in [0.15, 0.2) is 12.4 Å². The largest absolute Gasteiger partial charge is 0.212 e. The van der Waals surface area contributed by atoms with E-state index < -0.39 is 0 Å². The van der Waals surface area contributed by atoms with Gasteiger partial charge in [0.05, 0.1) is 0 Å². The molecule has 0 radical (unpaired) electrons. The Morgan fingerprint density at radius 3 is 1.35 bits per heavy atom. The molecule has 0 spiro atoms. The quantitative estimate of drug-likeness (QED) is 0.156. The van der Waals surface area contributed by atoms with E-state index in [9.17, 15) is 0 Å². The van der Waals surface area contributed by atoms with Crippen molar-refractivity contribution in [2.24, 2.45) is 14.1 Å². The SMILES string of the molecule is Cc1ccc(C)c(C(C)(C)c2cccc(-c3ccccc3C)c2C)c1.Cc1cccc(-c2cccc[n+]2C)c1C.Cc1cccc(-c2cccc[n+]2C)c1C. The number of rotatable bonds is 5. The minimum Gasteiger partial charge on any atom is -0.201 e. The maximum Gasteiger partial charge on any atom is 0.212 e. The summed E-state index contributed by atoms with van der Waals surface area (Å²) >= 11 is 0. The maximum atomic E-state index is 2.35. The third kappa shape index (κ3) is 9.20. The van der Waals surface area contributed by atoms with Gasteiger partial charge in [0.25, 0.3) is 0 Å². The molecule has 0 aliphatic heterocycles. The zero-order valence-corrected chi connectivity index (χ0v) is 35.3. The highest BCUT2D eigenvalue weighted by atomic mass is 14.9. The summed E-state index contributed by atoms with van der Waals surface area (Å²) in [4.78, 5) is 0. The summed E-state index contributed by atoms with van der Waals surface area (Å²) in [6, 6.07) is 47.7. The van der Waals surface area contributed by atoms with E-state index in [0.29, 0.717) is 0 Å². The molecule has 2 heterocycles. The summed E-state index contributed by atoms with van der Waals surface area (Å²) < 4.78 is 4.31. The lowest BCUT2D eigenvalue weighted by Crippen LogP contribution is -2.30. The van der Waals surface area contributed by atoms with Gasteiger partial charge in [-0.05, 0) is 141 Å². The first-order valence-electron chi connectivity index (χ1n) is 19.5. The molecule has 7 aromatic rings. The predicted octanol–water partition coefficient (Wildman–Crippen LogP) is 12.5. The van der Waals surface area contributed by atoms with Crippen LogP contribution in [0.2, 0.25) is 0 Å². The van der Waals surface area contributed by atoms with Crippen molar-refractivity contribution in [1.82, 2.24) is 0 Å². The van der Waals surface area contributed by atoms with Crippen molar-refractivity contribution in [2.45, 2.75) is 74.7 Å². The van der Waals surface area contributed by atoms with Crippen molar-refractivity contribution in [2.75, 3.05) is 0 Å². The van der Waals surface area contributed by atoms with Gasteiger partial charge in [-0.3, -0.25) is 0 Å². The maximum absolute atomic E-state index is 2.35. The molecular formula is C53H60N2+2. The van der Waals surface area contributed by atoms with Crippen molar-refractivity contribution < 1.29 is 9.13 Å². The van der Waals surface area contributed by atoms with E-state index in [1.807, 2.05) is 0 Å². The molecule has 2 heteroatoms. The van der Waals surface area contributed by atoms with Crippen LogP contribution in [-0.4, -0.2) is 0 Å². The Labute approximate surface area is 331 Å². The second kappa shape index (κ2) is 17.7. The number of aryl methyl sites for hydroxylation is 7. The Morgan fingerprint density at radius 1 is 0.364 bits per heavy atom. The van der Waals surface area contributed by atoms with Crippen molar-refractivity contribution in [3.63, 3.8) is 0 Å². The standard InChI is InChI=1S/C25H28.2C14H16N/c1-17-14-15-19(3)24(16-17)25(5,6)23-13-9-12-22(20(23)4)21-11-8-7-10-18(21)2;2*1-11-7-6-8-13(12(11)2)14-9-4-5-10-15(14)3/h7-16H,1-6H3;2*4-10H,1-3H3/q;2*+1. The van der Waals surface area contributed by atoms with Crippen LogP contribution >= 0.6 is 0 Å². The summed E-state index contributed by atoms with van der Waals surface area (Å²) in [6.45, 7) is 22.2. The molecule has 0 atom stereocenters. The molecule has 0 unspecified atom stereocenters. The fraction of sp³-hybridized carbons (Fsp3) is 0.245. The van der Waals surface area contributed by atoms with Gasteiger partial charge in [0, 0.05) is 40.8 Å². The molecule has 5 aromatic carbocycles. The van der Waals surface area contributed by atoms with Gasteiger partial charge in [-0.1, -0.05) is 104 Å². The number of nitrogens with zero attached hydrogens (tertiary/aromatic N) is 2. The van der Waals surface area contributed by atoms with Crippen LogP contribution in [0.1, 0.15) is 69.5 Å². The molecule has 0 fully saturated rings. The van der Waals surface area contributed by atoms with E-state index in [0.717, 1.165) is 0 Å². The number of benzene rings is 5. The van der Waals surface area contributed by atoms with Crippen LogP contribution in [0.15, 0.2) is 146 Å². The number of hydrogen-bond donors (Lipinski definition) is 0. The Morgan fingerprint density at radius 2 is 0.818 bits per heavy atom. The highest BCUT2D eigenvalue weighted by Crippen LogP contribution is 2.39. The monoisotopic (exact) mass is 724 g/mol. The molecule has 0 amide bonds. The molecule has 0 bridgehead atoms. The molecular weight excluding hydrogens is 665 g/mol. The van der Waals surface area contributed by atoms with E-state index in [-0.39, 0.29) is 5.41 Å². The van der Waals surface area contributed by atoms with Crippen molar-refractivity contribution in [3.05, 3.63) is 201 Å². The molecule has 2 nitrogen and oxygen atoms in total. The first kappa shape index (κ1) is 40.6. The molecule has 280 valence electrons. The first-order valence-corrected chi connectivity index (χ1v) is 19.5. The van der Waals surface area contributed by atoms with Crippen LogP contribution in [0.25, 0.3) is 33.6 Å². The van der Waals surface area contributed by atoms with Gasteiger partial charge >= 0.3 is 0 Å². The Balaban J connectivity index is 0.000000167. The van der Waals surface area contributed by atoms with Crippen LogP contribution in [-0.2, 0) is 19.5 Å². The summed E-state index contributed by atoms with van der Waals surface area (Å²) in [7, 11) is 4.16. The Bertz CT molecular complexity index is 2320. The van der Waals surface area contributed by atoms with Gasteiger partial charge in [0.2, 0.25) is 11.4 Å². The minimum atomic E-state index is -0.0289. The highest BCUT2D eigenvalue weighted by molar-refractivity contribution is 5.72. The number of hydrogen-bond acceptors (Lipinski definition) is 0. The van der Waals surface area contributed by atoms with Crippen LogP contribution in [0, 0.1) is 55.4 Å². The molecule has 0 aliphatic carbocycles. The third-order valence-corrected chi connectivity index (χ3v) is 11.4. The van der Waals surface area contributed by atoms with Gasteiger partial charge in [-0.15, -0.1) is 0 Å². The van der Waals surface area contributed by atoms with E-state index in [1.54, 1.807) is 0 Å². The van der Waals surface area contributed by atoms with Crippen LogP contribution in [0.5, 0.6) is 0 Å². The smallest absolute Gasteiger partial charge is 0.201 e. The van der Waals surface area contributed by atoms with E-state index >= 15 is 0 Å². The molecule has 7 rings (SSSR count). The van der Waals surface area contributed by atoms with Gasteiger partial charge in [0.1, 0.15) is 14.1 Å². The molecule has 2 aromatic heterocycles. The average Bonchev–Trinajstić information content (AvgIpc) is 3.16. The average molecular weight is 725 g/mol. The lowest BCUT2D eigenvalue weighted by Gasteiger charge is -2.31. The Kier molecular flexibility index (Phi) is 13.1. The van der Waals surface area contributed by atoms with E-state index in [2.05, 4.69) is 238 Å². The fourth-order valence-electron chi connectivity index (χ4n) is 7.70. The summed E-state index contributed by atoms with van der Waals surface area (Å²) in [5.74, 6) is 0. The topological polar surface area (TPSA) is 7.76 Å². The number of pyridine rings is 2. The van der Waals surface area contributed by atoms with Crippen LogP contribution < -0.4 is 9.13 Å². The molecule has 0 N–H and O–H groups in total. The highest BCUT2D eigenvalue weighted by Gasteiger charge is 2.27.